The van der Waals surface area contributed by atoms with Crippen molar-refractivity contribution in [3.63, 3.8) is 0 Å². The average molecular weight is 469 g/mol. The monoisotopic (exact) mass is 468 g/mol. The van der Waals surface area contributed by atoms with Crippen molar-refractivity contribution in [3.8, 4) is 11.1 Å². The fourth-order valence-corrected chi connectivity index (χ4v) is 4.28. The summed E-state index contributed by atoms with van der Waals surface area (Å²) in [7, 11) is 0. The van der Waals surface area contributed by atoms with Crippen molar-refractivity contribution in [1.82, 2.24) is 10.6 Å². The molecule has 34 heavy (non-hydrogen) atoms. The number of hydrogen-bond acceptors (Lipinski definition) is 5. The minimum Gasteiger partial charge on any atom is -0.480 e. The number of ether oxygens (including phenoxy) is 2. The fourth-order valence-electron chi connectivity index (χ4n) is 4.28. The van der Waals surface area contributed by atoms with Crippen molar-refractivity contribution >= 4 is 18.0 Å². The number of benzene rings is 2. The summed E-state index contributed by atoms with van der Waals surface area (Å²) < 4.78 is 11.1. The first-order valence-electron chi connectivity index (χ1n) is 11.7. The van der Waals surface area contributed by atoms with Crippen LogP contribution in [0.15, 0.2) is 48.5 Å². The zero-order valence-electron chi connectivity index (χ0n) is 19.6. The van der Waals surface area contributed by atoms with Gasteiger partial charge >= 0.3 is 12.1 Å². The second-order valence-electron chi connectivity index (χ2n) is 8.23. The minimum absolute atomic E-state index is 0.0434. The summed E-state index contributed by atoms with van der Waals surface area (Å²) in [6, 6.07) is 15.3. The molecule has 2 amide bonds. The van der Waals surface area contributed by atoms with Gasteiger partial charge in [0.05, 0.1) is 12.5 Å². The summed E-state index contributed by atoms with van der Waals surface area (Å²) in [4.78, 5) is 36.0. The number of hydrogen-bond donors (Lipinski definition) is 3. The average Bonchev–Trinajstić information content (AvgIpc) is 3.14. The van der Waals surface area contributed by atoms with E-state index in [-0.39, 0.29) is 25.5 Å². The molecule has 0 spiro atoms. The lowest BCUT2D eigenvalue weighted by atomic mass is 9.98. The third kappa shape index (κ3) is 6.35. The lowest BCUT2D eigenvalue weighted by molar-refractivity contribution is -0.142. The topological polar surface area (TPSA) is 114 Å². The fraction of sp³-hybridized carbons (Fsp3) is 0.423. The Hall–Kier alpha value is -3.39. The van der Waals surface area contributed by atoms with Gasteiger partial charge in [-0.15, -0.1) is 0 Å². The van der Waals surface area contributed by atoms with Crippen LogP contribution in [-0.4, -0.2) is 55.0 Å². The summed E-state index contributed by atoms with van der Waals surface area (Å²) in [6.45, 7) is 4.25. The van der Waals surface area contributed by atoms with Gasteiger partial charge in [0.2, 0.25) is 5.91 Å². The summed E-state index contributed by atoms with van der Waals surface area (Å²) in [5, 5.41) is 14.4. The van der Waals surface area contributed by atoms with Crippen LogP contribution in [-0.2, 0) is 19.1 Å². The predicted octanol–water partition coefficient (Wildman–Crippen LogP) is 3.69. The number of fused-ring (bicyclic) bond motifs is 3. The van der Waals surface area contributed by atoms with E-state index in [1.165, 1.54) is 0 Å². The Morgan fingerprint density at radius 2 is 1.62 bits per heavy atom. The quantitative estimate of drug-likeness (QED) is 0.438. The number of rotatable bonds is 12. The van der Waals surface area contributed by atoms with E-state index in [9.17, 15) is 19.5 Å². The number of aliphatic carboxylic acids is 1. The molecule has 2 aromatic rings. The zero-order valence-corrected chi connectivity index (χ0v) is 19.6. The maximum atomic E-state index is 12.4. The molecule has 3 rings (SSSR count). The highest BCUT2D eigenvalue weighted by Gasteiger charge is 2.29. The van der Waals surface area contributed by atoms with Crippen LogP contribution in [0.25, 0.3) is 11.1 Å². The second kappa shape index (κ2) is 12.2. The Morgan fingerprint density at radius 3 is 2.18 bits per heavy atom. The Kier molecular flexibility index (Phi) is 9.04. The molecule has 2 atom stereocenters. The van der Waals surface area contributed by atoms with Crippen LogP contribution in [0.4, 0.5) is 4.79 Å². The van der Waals surface area contributed by atoms with Crippen molar-refractivity contribution in [2.75, 3.05) is 19.8 Å². The highest BCUT2D eigenvalue weighted by molar-refractivity contribution is 5.84. The number of carbonyl (C=O) groups excluding carboxylic acids is 2. The van der Waals surface area contributed by atoms with Crippen LogP contribution in [0.2, 0.25) is 0 Å². The molecule has 8 nitrogen and oxygen atoms in total. The zero-order chi connectivity index (χ0) is 24.5. The van der Waals surface area contributed by atoms with Crippen molar-refractivity contribution < 1.29 is 29.0 Å². The number of carboxylic acids is 1. The summed E-state index contributed by atoms with van der Waals surface area (Å²) >= 11 is 0. The molecule has 182 valence electrons. The number of carboxylic acid groups (broad SMARTS) is 1. The van der Waals surface area contributed by atoms with Gasteiger partial charge in [-0.3, -0.25) is 4.79 Å². The molecule has 0 saturated carbocycles. The Balaban J connectivity index is 1.52. The molecule has 2 aromatic carbocycles. The van der Waals surface area contributed by atoms with Gasteiger partial charge < -0.3 is 25.2 Å². The Labute approximate surface area is 199 Å². The van der Waals surface area contributed by atoms with Gasteiger partial charge in [0.1, 0.15) is 12.6 Å². The first-order valence-corrected chi connectivity index (χ1v) is 11.7. The maximum Gasteiger partial charge on any atom is 0.407 e. The van der Waals surface area contributed by atoms with Crippen molar-refractivity contribution in [2.24, 2.45) is 0 Å². The van der Waals surface area contributed by atoms with Crippen LogP contribution in [0.1, 0.15) is 50.2 Å². The van der Waals surface area contributed by atoms with E-state index in [4.69, 9.17) is 9.47 Å². The molecule has 1 unspecified atom stereocenters. The molecule has 0 fully saturated rings. The lowest BCUT2D eigenvalue weighted by Gasteiger charge is -2.20. The smallest absolute Gasteiger partial charge is 0.407 e. The number of alkyl carbamates (subject to hydrolysis) is 1. The second-order valence-corrected chi connectivity index (χ2v) is 8.23. The van der Waals surface area contributed by atoms with Gasteiger partial charge in [0.15, 0.2) is 0 Å². The molecule has 1 aliphatic rings. The number of nitrogens with one attached hydrogen (secondary N) is 2. The van der Waals surface area contributed by atoms with Crippen LogP contribution >= 0.6 is 0 Å². The number of amides is 2. The van der Waals surface area contributed by atoms with Crippen LogP contribution < -0.4 is 10.6 Å². The van der Waals surface area contributed by atoms with Gasteiger partial charge in [-0.1, -0.05) is 61.9 Å². The summed E-state index contributed by atoms with van der Waals surface area (Å²) in [6.07, 6.45) is -0.276. The van der Waals surface area contributed by atoms with Crippen LogP contribution in [0, 0.1) is 0 Å². The first-order chi connectivity index (χ1) is 16.4. The van der Waals surface area contributed by atoms with E-state index in [1.54, 1.807) is 6.92 Å². The van der Waals surface area contributed by atoms with Gasteiger partial charge in [-0.05, 0) is 35.6 Å². The van der Waals surface area contributed by atoms with Gasteiger partial charge in [0.25, 0.3) is 0 Å². The minimum atomic E-state index is -1.07. The van der Waals surface area contributed by atoms with Crippen LogP contribution in [0.3, 0.4) is 0 Å². The van der Waals surface area contributed by atoms with E-state index in [0.717, 1.165) is 22.3 Å². The van der Waals surface area contributed by atoms with Gasteiger partial charge in [0, 0.05) is 19.1 Å². The summed E-state index contributed by atoms with van der Waals surface area (Å²) in [5.74, 6) is -1.55. The molecule has 0 heterocycles. The van der Waals surface area contributed by atoms with E-state index < -0.39 is 30.1 Å². The molecule has 3 N–H and O–H groups in total. The normalized spacial score (nSPS) is 13.9. The Morgan fingerprint density at radius 1 is 1.00 bits per heavy atom. The van der Waals surface area contributed by atoms with Gasteiger partial charge in [-0.2, -0.15) is 0 Å². The van der Waals surface area contributed by atoms with E-state index in [2.05, 4.69) is 22.8 Å². The lowest BCUT2D eigenvalue weighted by Crippen LogP contribution is -2.43. The molecule has 0 bridgehead atoms. The molecule has 0 radical (unpaired) electrons. The molecular weight excluding hydrogens is 436 g/mol. The van der Waals surface area contributed by atoms with E-state index in [1.807, 2.05) is 43.3 Å². The van der Waals surface area contributed by atoms with Crippen molar-refractivity contribution in [1.29, 1.82) is 0 Å². The summed E-state index contributed by atoms with van der Waals surface area (Å²) in [5.41, 5.74) is 4.55. The van der Waals surface area contributed by atoms with Gasteiger partial charge in [-0.25, -0.2) is 9.59 Å². The van der Waals surface area contributed by atoms with Crippen LogP contribution in [0.5, 0.6) is 0 Å². The Bertz CT molecular complexity index is 963. The predicted molar refractivity (Wildman–Crippen MR) is 128 cm³/mol. The third-order valence-corrected chi connectivity index (χ3v) is 5.84. The highest BCUT2D eigenvalue weighted by Crippen LogP contribution is 2.44. The molecule has 0 aromatic heterocycles. The molecule has 0 aliphatic heterocycles. The largest absolute Gasteiger partial charge is 0.480 e. The third-order valence-electron chi connectivity index (χ3n) is 5.84. The first kappa shape index (κ1) is 25.2. The van der Waals surface area contributed by atoms with E-state index in [0.29, 0.717) is 19.4 Å². The molecular formula is C26H32N2O6. The molecule has 8 heteroatoms. The van der Waals surface area contributed by atoms with Crippen molar-refractivity contribution in [3.05, 3.63) is 59.7 Å². The van der Waals surface area contributed by atoms with E-state index >= 15 is 0 Å². The number of carbonyl (C=O) groups is 3. The maximum absolute atomic E-state index is 12.4. The SMILES string of the molecule is CCC[C@H](NC(=O)CC(CNC(=O)OCC1c2ccccc2-c2ccccc21)OCC)C(=O)O. The highest BCUT2D eigenvalue weighted by atomic mass is 16.5. The van der Waals surface area contributed by atoms with Crippen molar-refractivity contribution in [2.45, 2.75) is 51.2 Å². The molecule has 0 saturated heterocycles. The standard InChI is InChI=1S/C26H32N2O6/c1-3-9-23(25(30)31)28-24(29)14-17(33-4-2)15-27-26(32)34-16-22-20-12-7-5-10-18(20)19-11-6-8-13-21(19)22/h5-8,10-13,17,22-23H,3-4,9,14-16H2,1-2H3,(H,27,32)(H,28,29)(H,30,31)/t17?,23-/m0/s1. The molecule has 1 aliphatic carbocycles.